The number of para-hydroxylation sites is 1. The van der Waals surface area contributed by atoms with Gasteiger partial charge in [0, 0.05) is 28.2 Å². The molecule has 0 unspecified atom stereocenters. The Kier molecular flexibility index (Phi) is 3.88. The molecule has 0 radical (unpaired) electrons. The van der Waals surface area contributed by atoms with Crippen LogP contribution < -0.4 is 5.32 Å². The number of nitrogens with zero attached hydrogens (tertiary/aromatic N) is 1. The lowest BCUT2D eigenvalue weighted by molar-refractivity contribution is 0.612. The number of halogens is 2. The van der Waals surface area contributed by atoms with Crippen molar-refractivity contribution in [2.45, 2.75) is 13.5 Å². The maximum absolute atomic E-state index is 13.8. The van der Waals surface area contributed by atoms with Crippen LogP contribution in [0.25, 0.3) is 10.9 Å². The molecule has 0 fully saturated rings. The van der Waals surface area contributed by atoms with Gasteiger partial charge in [-0.2, -0.15) is 0 Å². The molecule has 0 bridgehead atoms. The molecule has 2 aromatic carbocycles. The largest absolute Gasteiger partial charge is 0.379 e. The zero-order valence-electron chi connectivity index (χ0n) is 11.5. The summed E-state index contributed by atoms with van der Waals surface area (Å²) in [5, 5.41) is 4.31. The van der Waals surface area contributed by atoms with E-state index in [0.717, 1.165) is 26.6 Å². The van der Waals surface area contributed by atoms with Gasteiger partial charge in [-0.25, -0.2) is 4.39 Å². The summed E-state index contributed by atoms with van der Waals surface area (Å²) in [4.78, 5) is 4.43. The van der Waals surface area contributed by atoms with Crippen LogP contribution in [0, 0.1) is 12.7 Å². The second-order valence-electron chi connectivity index (χ2n) is 4.98. The fourth-order valence-electron chi connectivity index (χ4n) is 2.31. The zero-order chi connectivity index (χ0) is 14.8. The van der Waals surface area contributed by atoms with Crippen molar-refractivity contribution >= 4 is 32.5 Å². The molecule has 4 heteroatoms. The summed E-state index contributed by atoms with van der Waals surface area (Å²) in [5.74, 6) is -0.191. The van der Waals surface area contributed by atoms with Crippen molar-refractivity contribution in [3.05, 3.63) is 70.1 Å². The molecular formula is C17H14BrFN2. The number of nitrogens with one attached hydrogen (secondary N) is 1. The number of aryl methyl sites for hydroxylation is 1. The number of rotatable bonds is 3. The molecule has 0 spiro atoms. The molecule has 0 amide bonds. The third-order valence-electron chi connectivity index (χ3n) is 3.35. The second kappa shape index (κ2) is 5.82. The normalized spacial score (nSPS) is 10.8. The van der Waals surface area contributed by atoms with E-state index in [9.17, 15) is 4.39 Å². The molecule has 0 saturated heterocycles. The van der Waals surface area contributed by atoms with Crippen molar-refractivity contribution in [2.75, 3.05) is 5.32 Å². The summed E-state index contributed by atoms with van der Waals surface area (Å²) in [5.41, 5.74) is 3.49. The summed E-state index contributed by atoms with van der Waals surface area (Å²) in [6.07, 6.45) is 1.76. The van der Waals surface area contributed by atoms with Crippen molar-refractivity contribution in [3.8, 4) is 0 Å². The number of aromatic nitrogens is 1. The molecule has 3 aromatic rings. The minimum atomic E-state index is -0.191. The second-order valence-corrected chi connectivity index (χ2v) is 5.89. The van der Waals surface area contributed by atoms with Crippen LogP contribution in [0.4, 0.5) is 10.1 Å². The smallest absolute Gasteiger partial charge is 0.128 e. The van der Waals surface area contributed by atoms with E-state index in [1.54, 1.807) is 12.3 Å². The van der Waals surface area contributed by atoms with Crippen molar-refractivity contribution in [1.29, 1.82) is 0 Å². The van der Waals surface area contributed by atoms with Gasteiger partial charge in [-0.1, -0.05) is 29.8 Å². The first-order valence-corrected chi connectivity index (χ1v) is 7.46. The fraction of sp³-hybridized carbons (Fsp3) is 0.118. The first kappa shape index (κ1) is 14.0. The molecule has 106 valence electrons. The first-order valence-electron chi connectivity index (χ1n) is 6.66. The van der Waals surface area contributed by atoms with Gasteiger partial charge in [-0.15, -0.1) is 0 Å². The number of benzene rings is 2. The van der Waals surface area contributed by atoms with E-state index in [0.29, 0.717) is 12.1 Å². The Morgan fingerprint density at radius 1 is 1.19 bits per heavy atom. The van der Waals surface area contributed by atoms with Crippen LogP contribution in [-0.4, -0.2) is 4.98 Å². The van der Waals surface area contributed by atoms with Crippen LogP contribution in [-0.2, 0) is 6.54 Å². The summed E-state index contributed by atoms with van der Waals surface area (Å²) in [6, 6.07) is 13.1. The van der Waals surface area contributed by atoms with Crippen molar-refractivity contribution in [3.63, 3.8) is 0 Å². The fourth-order valence-corrected chi connectivity index (χ4v) is 2.66. The third-order valence-corrected chi connectivity index (χ3v) is 3.78. The predicted molar refractivity (Wildman–Crippen MR) is 87.9 cm³/mol. The Morgan fingerprint density at radius 3 is 2.90 bits per heavy atom. The number of fused-ring (bicyclic) bond motifs is 1. The SMILES string of the molecule is Cc1ccc(F)c(CNc2cccc3cc(Br)cnc23)c1. The number of hydrogen-bond acceptors (Lipinski definition) is 2. The highest BCUT2D eigenvalue weighted by atomic mass is 79.9. The molecular weight excluding hydrogens is 331 g/mol. The summed E-state index contributed by atoms with van der Waals surface area (Å²) >= 11 is 3.42. The lowest BCUT2D eigenvalue weighted by Crippen LogP contribution is -2.03. The van der Waals surface area contributed by atoms with Gasteiger partial charge >= 0.3 is 0 Å². The van der Waals surface area contributed by atoms with Gasteiger partial charge in [-0.3, -0.25) is 4.98 Å². The van der Waals surface area contributed by atoms with Gasteiger partial charge in [0.2, 0.25) is 0 Å². The lowest BCUT2D eigenvalue weighted by atomic mass is 10.1. The van der Waals surface area contributed by atoms with E-state index < -0.39 is 0 Å². The molecule has 21 heavy (non-hydrogen) atoms. The van der Waals surface area contributed by atoms with Crippen LogP contribution in [0.5, 0.6) is 0 Å². The quantitative estimate of drug-likeness (QED) is 0.718. The van der Waals surface area contributed by atoms with Crippen LogP contribution in [0.15, 0.2) is 53.1 Å². The van der Waals surface area contributed by atoms with Crippen molar-refractivity contribution in [2.24, 2.45) is 0 Å². The van der Waals surface area contributed by atoms with Gasteiger partial charge in [0.25, 0.3) is 0 Å². The molecule has 0 aliphatic carbocycles. The number of pyridine rings is 1. The Bertz CT molecular complexity index is 802. The van der Waals surface area contributed by atoms with E-state index >= 15 is 0 Å². The molecule has 0 saturated carbocycles. The van der Waals surface area contributed by atoms with Gasteiger partial charge in [-0.05, 0) is 41.1 Å². The third kappa shape index (κ3) is 3.05. The average Bonchev–Trinajstić information content (AvgIpc) is 2.47. The first-order chi connectivity index (χ1) is 10.1. The molecule has 3 rings (SSSR count). The lowest BCUT2D eigenvalue weighted by Gasteiger charge is -2.10. The van der Waals surface area contributed by atoms with E-state index in [4.69, 9.17) is 0 Å². The van der Waals surface area contributed by atoms with E-state index in [1.807, 2.05) is 37.3 Å². The van der Waals surface area contributed by atoms with Crippen LogP contribution in [0.1, 0.15) is 11.1 Å². The van der Waals surface area contributed by atoms with Crippen molar-refractivity contribution in [1.82, 2.24) is 4.98 Å². The maximum atomic E-state index is 13.8. The molecule has 1 aromatic heterocycles. The molecule has 1 N–H and O–H groups in total. The number of anilines is 1. The van der Waals surface area contributed by atoms with Crippen LogP contribution in [0.2, 0.25) is 0 Å². The van der Waals surface area contributed by atoms with Gasteiger partial charge < -0.3 is 5.32 Å². The zero-order valence-corrected chi connectivity index (χ0v) is 13.1. The Labute approximate surface area is 131 Å². The molecule has 0 aliphatic heterocycles. The van der Waals surface area contributed by atoms with E-state index in [-0.39, 0.29) is 5.82 Å². The predicted octanol–water partition coefficient (Wildman–Crippen LogP) is 5.06. The minimum absolute atomic E-state index is 0.191. The van der Waals surface area contributed by atoms with E-state index in [1.165, 1.54) is 6.07 Å². The topological polar surface area (TPSA) is 24.9 Å². The summed E-state index contributed by atoms with van der Waals surface area (Å²) in [7, 11) is 0. The molecule has 0 aliphatic rings. The molecule has 0 atom stereocenters. The van der Waals surface area contributed by atoms with E-state index in [2.05, 4.69) is 26.2 Å². The van der Waals surface area contributed by atoms with Crippen LogP contribution in [0.3, 0.4) is 0 Å². The van der Waals surface area contributed by atoms with Gasteiger partial charge in [0.05, 0.1) is 11.2 Å². The Morgan fingerprint density at radius 2 is 2.05 bits per heavy atom. The number of hydrogen-bond donors (Lipinski definition) is 1. The highest BCUT2D eigenvalue weighted by molar-refractivity contribution is 9.10. The monoisotopic (exact) mass is 344 g/mol. The highest BCUT2D eigenvalue weighted by Gasteiger charge is 2.05. The average molecular weight is 345 g/mol. The molecule has 1 heterocycles. The van der Waals surface area contributed by atoms with Crippen molar-refractivity contribution < 1.29 is 4.39 Å². The summed E-state index contributed by atoms with van der Waals surface area (Å²) < 4.78 is 14.7. The highest BCUT2D eigenvalue weighted by Crippen LogP contribution is 2.24. The van der Waals surface area contributed by atoms with Gasteiger partial charge in [0.15, 0.2) is 0 Å². The Hall–Kier alpha value is -1.94. The maximum Gasteiger partial charge on any atom is 0.128 e. The summed E-state index contributed by atoms with van der Waals surface area (Å²) in [6.45, 7) is 2.39. The minimum Gasteiger partial charge on any atom is -0.379 e. The van der Waals surface area contributed by atoms with Gasteiger partial charge in [0.1, 0.15) is 5.82 Å². The van der Waals surface area contributed by atoms with Crippen LogP contribution >= 0.6 is 15.9 Å². The molecule has 2 nitrogen and oxygen atoms in total. The standard InChI is InChI=1S/C17H14BrFN2/c1-11-5-6-15(19)13(7-11)9-20-16-4-2-3-12-8-14(18)10-21-17(12)16/h2-8,10,20H,9H2,1H3. The Balaban J connectivity index is 1.90.